The molecule has 0 amide bonds. The molecule has 0 aromatic heterocycles. The maximum absolute atomic E-state index is 5.24. The Hall–Kier alpha value is -0.0800. The Morgan fingerprint density at radius 3 is 3.00 bits per heavy atom. The molecule has 0 aromatic carbocycles. The number of hydroxylamine groups is 2. The molecule has 1 saturated heterocycles. The highest BCUT2D eigenvalue weighted by atomic mass is 16.7. The molecule has 48 valence electrons. The summed E-state index contributed by atoms with van der Waals surface area (Å²) in [5, 5.41) is 1.92. The van der Waals surface area contributed by atoms with Crippen molar-refractivity contribution in [2.75, 3.05) is 20.2 Å². The van der Waals surface area contributed by atoms with Crippen molar-refractivity contribution in [2.45, 2.75) is 19.3 Å². The molecule has 2 nitrogen and oxygen atoms in total. The molecule has 0 radical (unpaired) electrons. The van der Waals surface area contributed by atoms with Crippen molar-refractivity contribution in [3.8, 4) is 0 Å². The van der Waals surface area contributed by atoms with Crippen LogP contribution in [0.3, 0.4) is 0 Å². The second-order valence-corrected chi connectivity index (χ2v) is 2.25. The van der Waals surface area contributed by atoms with Crippen LogP contribution in [0.2, 0.25) is 0 Å². The average Bonchev–Trinajstić information content (AvgIpc) is 1.94. The van der Waals surface area contributed by atoms with Crippen LogP contribution in [0.5, 0.6) is 0 Å². The van der Waals surface area contributed by atoms with Crippen molar-refractivity contribution in [3.63, 3.8) is 0 Å². The van der Waals surface area contributed by atoms with Gasteiger partial charge in [-0.25, -0.2) is 0 Å². The van der Waals surface area contributed by atoms with Gasteiger partial charge in [-0.2, -0.15) is 5.06 Å². The van der Waals surface area contributed by atoms with E-state index in [1.54, 1.807) is 0 Å². The minimum atomic E-state index is 0.913. The highest BCUT2D eigenvalue weighted by Gasteiger charge is 2.01. The fourth-order valence-electron chi connectivity index (χ4n) is 0.898. The number of rotatable bonds is 0. The van der Waals surface area contributed by atoms with Gasteiger partial charge in [0.2, 0.25) is 0 Å². The minimum absolute atomic E-state index is 0.913. The van der Waals surface area contributed by atoms with Crippen LogP contribution in [0.25, 0.3) is 0 Å². The van der Waals surface area contributed by atoms with E-state index in [1.165, 1.54) is 19.3 Å². The number of nitrogens with zero attached hydrogens (tertiary/aromatic N) is 1. The average molecular weight is 115 g/mol. The molecule has 0 N–H and O–H groups in total. The summed E-state index contributed by atoms with van der Waals surface area (Å²) in [6.07, 6.45) is 3.84. The fourth-order valence-corrected chi connectivity index (χ4v) is 0.898. The van der Waals surface area contributed by atoms with Crippen LogP contribution in [0.1, 0.15) is 19.3 Å². The van der Waals surface area contributed by atoms with E-state index >= 15 is 0 Å². The van der Waals surface area contributed by atoms with Crippen molar-refractivity contribution in [1.29, 1.82) is 0 Å². The first-order chi connectivity index (χ1) is 3.89. The van der Waals surface area contributed by atoms with Gasteiger partial charge in [0, 0.05) is 13.6 Å². The smallest absolute Gasteiger partial charge is 0.0685 e. The zero-order chi connectivity index (χ0) is 5.82. The molecule has 0 atom stereocenters. The van der Waals surface area contributed by atoms with E-state index in [4.69, 9.17) is 4.84 Å². The lowest BCUT2D eigenvalue weighted by Gasteiger charge is -2.10. The predicted octanol–water partition coefficient (Wildman–Crippen LogP) is 1.03. The molecule has 1 rings (SSSR count). The first-order valence-corrected chi connectivity index (χ1v) is 3.23. The molecule has 1 aliphatic rings. The first kappa shape index (κ1) is 6.05. The van der Waals surface area contributed by atoms with Gasteiger partial charge >= 0.3 is 0 Å². The lowest BCUT2D eigenvalue weighted by molar-refractivity contribution is -0.131. The van der Waals surface area contributed by atoms with Crippen LogP contribution < -0.4 is 0 Å². The van der Waals surface area contributed by atoms with Gasteiger partial charge in [-0.1, -0.05) is 0 Å². The highest BCUT2D eigenvalue weighted by Crippen LogP contribution is 2.03. The predicted molar refractivity (Wildman–Crippen MR) is 32.4 cm³/mol. The molecule has 0 bridgehead atoms. The van der Waals surface area contributed by atoms with Gasteiger partial charge in [-0.05, 0) is 19.3 Å². The van der Waals surface area contributed by atoms with Gasteiger partial charge in [0.25, 0.3) is 0 Å². The fraction of sp³-hybridized carbons (Fsp3) is 1.00. The van der Waals surface area contributed by atoms with Crippen molar-refractivity contribution in [2.24, 2.45) is 0 Å². The third-order valence-corrected chi connectivity index (χ3v) is 1.43. The Labute approximate surface area is 50.4 Å². The second-order valence-electron chi connectivity index (χ2n) is 2.25. The third kappa shape index (κ3) is 1.80. The molecule has 8 heavy (non-hydrogen) atoms. The summed E-state index contributed by atoms with van der Waals surface area (Å²) >= 11 is 0. The highest BCUT2D eigenvalue weighted by molar-refractivity contribution is 4.47. The SMILES string of the molecule is CN1CCCCCO1. The number of hydrogen-bond donors (Lipinski definition) is 0. The molecule has 0 saturated carbocycles. The Balaban J connectivity index is 2.17. The van der Waals surface area contributed by atoms with Gasteiger partial charge in [0.1, 0.15) is 0 Å². The van der Waals surface area contributed by atoms with E-state index in [2.05, 4.69) is 0 Å². The van der Waals surface area contributed by atoms with Gasteiger partial charge < -0.3 is 0 Å². The summed E-state index contributed by atoms with van der Waals surface area (Å²) in [5.74, 6) is 0. The normalized spacial score (nSPS) is 25.1. The quantitative estimate of drug-likeness (QED) is 0.467. The molecule has 1 fully saturated rings. The first-order valence-electron chi connectivity index (χ1n) is 3.23. The van der Waals surface area contributed by atoms with E-state index in [0.29, 0.717) is 0 Å². The van der Waals surface area contributed by atoms with Gasteiger partial charge in [0.15, 0.2) is 0 Å². The van der Waals surface area contributed by atoms with Gasteiger partial charge in [0.05, 0.1) is 6.61 Å². The molecule has 0 aliphatic carbocycles. The third-order valence-electron chi connectivity index (χ3n) is 1.43. The molecular weight excluding hydrogens is 102 g/mol. The Morgan fingerprint density at radius 2 is 2.12 bits per heavy atom. The molecular formula is C6H13NO. The van der Waals surface area contributed by atoms with E-state index in [-0.39, 0.29) is 0 Å². The summed E-state index contributed by atoms with van der Waals surface area (Å²) in [6, 6.07) is 0. The Kier molecular flexibility index (Phi) is 2.30. The van der Waals surface area contributed by atoms with Crippen LogP contribution in [0.4, 0.5) is 0 Å². The van der Waals surface area contributed by atoms with Crippen LogP contribution in [0, 0.1) is 0 Å². The minimum Gasteiger partial charge on any atom is -0.299 e. The molecule has 0 unspecified atom stereocenters. The maximum atomic E-state index is 5.24. The molecule has 0 aromatic rings. The topological polar surface area (TPSA) is 12.5 Å². The van der Waals surface area contributed by atoms with E-state index in [1.807, 2.05) is 12.1 Å². The van der Waals surface area contributed by atoms with Crippen molar-refractivity contribution in [1.82, 2.24) is 5.06 Å². The zero-order valence-electron chi connectivity index (χ0n) is 5.39. The monoisotopic (exact) mass is 115 g/mol. The molecule has 1 heterocycles. The van der Waals surface area contributed by atoms with E-state index in [0.717, 1.165) is 13.2 Å². The van der Waals surface area contributed by atoms with Crippen molar-refractivity contribution >= 4 is 0 Å². The lowest BCUT2D eigenvalue weighted by atomic mass is 10.2. The maximum Gasteiger partial charge on any atom is 0.0685 e. The van der Waals surface area contributed by atoms with Gasteiger partial charge in [-0.3, -0.25) is 4.84 Å². The molecule has 0 spiro atoms. The largest absolute Gasteiger partial charge is 0.299 e. The van der Waals surface area contributed by atoms with E-state index < -0.39 is 0 Å². The van der Waals surface area contributed by atoms with Crippen LogP contribution >= 0.6 is 0 Å². The lowest BCUT2D eigenvalue weighted by Crippen LogP contribution is -2.17. The van der Waals surface area contributed by atoms with Crippen LogP contribution in [-0.2, 0) is 4.84 Å². The second kappa shape index (κ2) is 3.05. The summed E-state index contributed by atoms with van der Waals surface area (Å²) in [5.41, 5.74) is 0. The zero-order valence-corrected chi connectivity index (χ0v) is 5.39. The molecule has 2 heteroatoms. The Morgan fingerprint density at radius 1 is 1.25 bits per heavy atom. The summed E-state index contributed by atoms with van der Waals surface area (Å²) in [6.45, 7) is 2.01. The standard InChI is InChI=1S/C6H13NO/c1-7-5-3-2-4-6-8-7/h2-6H2,1H3. The summed E-state index contributed by atoms with van der Waals surface area (Å²) in [4.78, 5) is 5.24. The van der Waals surface area contributed by atoms with Crippen molar-refractivity contribution in [3.05, 3.63) is 0 Å². The summed E-state index contributed by atoms with van der Waals surface area (Å²) < 4.78 is 0. The summed E-state index contributed by atoms with van der Waals surface area (Å²) in [7, 11) is 1.99. The van der Waals surface area contributed by atoms with E-state index in [9.17, 15) is 0 Å². The van der Waals surface area contributed by atoms with Crippen LogP contribution in [0.15, 0.2) is 0 Å². The van der Waals surface area contributed by atoms with Crippen LogP contribution in [-0.4, -0.2) is 25.3 Å². The Bertz CT molecular complexity index is 57.5. The van der Waals surface area contributed by atoms with Gasteiger partial charge in [-0.15, -0.1) is 0 Å². The number of hydrogen-bond acceptors (Lipinski definition) is 2. The molecule has 1 aliphatic heterocycles. The van der Waals surface area contributed by atoms with Crippen molar-refractivity contribution < 1.29 is 4.84 Å².